The fraction of sp³-hybridized carbons (Fsp3) is 0.238. The lowest BCUT2D eigenvalue weighted by Gasteiger charge is -2.17. The minimum Gasteiger partial charge on any atom is -0.494 e. The van der Waals surface area contributed by atoms with Gasteiger partial charge in [0.15, 0.2) is 0 Å². The normalized spacial score (nSPS) is 14.3. The van der Waals surface area contributed by atoms with E-state index >= 15 is 0 Å². The van der Waals surface area contributed by atoms with Gasteiger partial charge in [0.1, 0.15) is 5.75 Å². The minimum atomic E-state index is -0.350. The number of hydrogen-bond donors (Lipinski definition) is 1. The number of anilines is 1. The largest absolute Gasteiger partial charge is 0.494 e. The zero-order valence-corrected chi connectivity index (χ0v) is 16.1. The summed E-state index contributed by atoms with van der Waals surface area (Å²) in [6.45, 7) is 4.25. The molecule has 2 aromatic rings. The lowest BCUT2D eigenvalue weighted by molar-refractivity contribution is -0.119. The van der Waals surface area contributed by atoms with Crippen molar-refractivity contribution in [1.82, 2.24) is 0 Å². The molecule has 0 fully saturated rings. The molecule has 2 aromatic carbocycles. The van der Waals surface area contributed by atoms with Crippen molar-refractivity contribution in [2.45, 2.75) is 13.8 Å². The van der Waals surface area contributed by atoms with Gasteiger partial charge in [-0.3, -0.25) is 9.59 Å². The van der Waals surface area contributed by atoms with E-state index < -0.39 is 0 Å². The van der Waals surface area contributed by atoms with E-state index in [4.69, 9.17) is 4.74 Å². The van der Waals surface area contributed by atoms with Crippen molar-refractivity contribution in [2.75, 3.05) is 23.9 Å². The number of ether oxygens (including phenoxy) is 1. The molecule has 0 spiro atoms. The highest BCUT2D eigenvalue weighted by Gasteiger charge is 2.40. The van der Waals surface area contributed by atoms with Crippen molar-refractivity contribution in [3.8, 4) is 5.75 Å². The number of aliphatic hydroxyl groups is 1. The van der Waals surface area contributed by atoms with Gasteiger partial charge in [-0.15, -0.1) is 11.8 Å². The van der Waals surface area contributed by atoms with Gasteiger partial charge in [0.2, 0.25) is 0 Å². The van der Waals surface area contributed by atoms with Gasteiger partial charge in [-0.1, -0.05) is 30.3 Å². The molecule has 1 heterocycles. The molecule has 0 radical (unpaired) electrons. The Balaban J connectivity index is 2.04. The first-order valence-electron chi connectivity index (χ1n) is 8.74. The van der Waals surface area contributed by atoms with Crippen molar-refractivity contribution in [3.63, 3.8) is 0 Å². The maximum atomic E-state index is 13.2. The Morgan fingerprint density at radius 3 is 2.37 bits per heavy atom. The van der Waals surface area contributed by atoms with Crippen LogP contribution < -0.4 is 9.64 Å². The van der Waals surface area contributed by atoms with Crippen LogP contribution in [0.25, 0.3) is 5.57 Å². The number of hydrogen-bond acceptors (Lipinski definition) is 5. The predicted octanol–water partition coefficient (Wildman–Crippen LogP) is 3.40. The molecule has 0 unspecified atom stereocenters. The van der Waals surface area contributed by atoms with Crippen LogP contribution in [0.15, 0.2) is 53.4 Å². The van der Waals surface area contributed by atoms with Crippen LogP contribution in [-0.4, -0.2) is 35.9 Å². The Labute approximate surface area is 162 Å². The molecule has 1 aliphatic heterocycles. The third-order valence-electron chi connectivity index (χ3n) is 4.19. The van der Waals surface area contributed by atoms with Gasteiger partial charge in [0.05, 0.1) is 29.4 Å². The number of aliphatic hydroxyl groups excluding tert-OH is 1. The van der Waals surface area contributed by atoms with E-state index in [1.807, 2.05) is 26.0 Å². The van der Waals surface area contributed by atoms with E-state index in [9.17, 15) is 14.7 Å². The molecule has 0 saturated heterocycles. The molecule has 1 N–H and O–H groups in total. The summed E-state index contributed by atoms with van der Waals surface area (Å²) in [6, 6.07) is 14.4. The first-order valence-corrected chi connectivity index (χ1v) is 9.72. The number of benzene rings is 2. The summed E-state index contributed by atoms with van der Waals surface area (Å²) in [5, 5.41) is 9.19. The number of nitrogens with zero attached hydrogens (tertiary/aromatic N) is 1. The molecule has 5 nitrogen and oxygen atoms in total. The third-order valence-corrected chi connectivity index (χ3v) is 5.24. The highest BCUT2D eigenvalue weighted by molar-refractivity contribution is 8.04. The quantitative estimate of drug-likeness (QED) is 0.742. The summed E-state index contributed by atoms with van der Waals surface area (Å²) >= 11 is 1.20. The van der Waals surface area contributed by atoms with Crippen molar-refractivity contribution < 1.29 is 19.4 Å². The summed E-state index contributed by atoms with van der Waals surface area (Å²) in [6.07, 6.45) is 0. The molecule has 2 amide bonds. The maximum Gasteiger partial charge on any atom is 0.272 e. The second kappa shape index (κ2) is 8.41. The molecule has 0 bridgehead atoms. The van der Waals surface area contributed by atoms with Crippen LogP contribution in [0, 0.1) is 6.92 Å². The number of rotatable bonds is 7. The molecule has 3 rings (SSSR count). The Morgan fingerprint density at radius 1 is 1.04 bits per heavy atom. The van der Waals surface area contributed by atoms with Crippen LogP contribution in [0.5, 0.6) is 5.75 Å². The molecule has 0 aromatic heterocycles. The molecular weight excluding hydrogens is 362 g/mol. The Kier molecular flexibility index (Phi) is 5.98. The van der Waals surface area contributed by atoms with E-state index in [1.54, 1.807) is 36.4 Å². The number of carbonyl (C=O) groups excluding carboxylic acids is 2. The average Bonchev–Trinajstić information content (AvgIpc) is 2.91. The minimum absolute atomic E-state index is 0.0729. The third kappa shape index (κ3) is 3.77. The topological polar surface area (TPSA) is 66.8 Å². The van der Waals surface area contributed by atoms with Crippen LogP contribution >= 0.6 is 11.8 Å². The summed E-state index contributed by atoms with van der Waals surface area (Å²) < 4.78 is 5.45. The van der Waals surface area contributed by atoms with Gasteiger partial charge in [-0.25, -0.2) is 4.90 Å². The molecule has 0 saturated carbocycles. The number of carbonyl (C=O) groups is 2. The van der Waals surface area contributed by atoms with E-state index in [-0.39, 0.29) is 18.4 Å². The SMILES string of the molecule is CCOc1ccc(C2=C(SCCO)C(=O)N(c3ccccc3C)C2=O)cc1. The second-order valence-corrected chi connectivity index (χ2v) is 7.07. The Bertz CT molecular complexity index is 889. The van der Waals surface area contributed by atoms with E-state index in [2.05, 4.69) is 0 Å². The van der Waals surface area contributed by atoms with Crippen LogP contribution in [0.3, 0.4) is 0 Å². The van der Waals surface area contributed by atoms with Crippen molar-refractivity contribution in [3.05, 3.63) is 64.6 Å². The summed E-state index contributed by atoms with van der Waals surface area (Å²) in [5.41, 5.74) is 2.45. The van der Waals surface area contributed by atoms with Crippen LogP contribution in [0.1, 0.15) is 18.1 Å². The molecule has 0 atom stereocenters. The lowest BCUT2D eigenvalue weighted by Crippen LogP contribution is -2.31. The average molecular weight is 383 g/mol. The fourth-order valence-electron chi connectivity index (χ4n) is 2.96. The van der Waals surface area contributed by atoms with Gasteiger partial charge in [0, 0.05) is 5.75 Å². The van der Waals surface area contributed by atoms with Crippen LogP contribution in [-0.2, 0) is 9.59 Å². The number of para-hydroxylation sites is 1. The first-order chi connectivity index (χ1) is 13.1. The van der Waals surface area contributed by atoms with E-state index in [0.717, 1.165) is 5.56 Å². The molecule has 1 aliphatic rings. The van der Waals surface area contributed by atoms with Gasteiger partial charge < -0.3 is 9.84 Å². The van der Waals surface area contributed by atoms with E-state index in [1.165, 1.54) is 16.7 Å². The fourth-order valence-corrected chi connectivity index (χ4v) is 3.82. The number of aryl methyl sites for hydroxylation is 1. The Morgan fingerprint density at radius 2 is 1.74 bits per heavy atom. The van der Waals surface area contributed by atoms with Crippen LogP contribution in [0.4, 0.5) is 5.69 Å². The molecule has 0 aliphatic carbocycles. The van der Waals surface area contributed by atoms with Gasteiger partial charge in [-0.2, -0.15) is 0 Å². The van der Waals surface area contributed by atoms with Gasteiger partial charge in [-0.05, 0) is 43.2 Å². The highest BCUT2D eigenvalue weighted by Crippen LogP contribution is 2.39. The monoisotopic (exact) mass is 383 g/mol. The van der Waals surface area contributed by atoms with Crippen LogP contribution in [0.2, 0.25) is 0 Å². The van der Waals surface area contributed by atoms with E-state index in [0.29, 0.717) is 39.8 Å². The second-order valence-electron chi connectivity index (χ2n) is 5.97. The number of thioether (sulfide) groups is 1. The van der Waals surface area contributed by atoms with Gasteiger partial charge >= 0.3 is 0 Å². The van der Waals surface area contributed by atoms with Crippen molar-refractivity contribution in [2.24, 2.45) is 0 Å². The van der Waals surface area contributed by atoms with Gasteiger partial charge in [0.25, 0.3) is 11.8 Å². The molecular formula is C21H21NO4S. The predicted molar refractivity (Wildman–Crippen MR) is 108 cm³/mol. The molecule has 27 heavy (non-hydrogen) atoms. The smallest absolute Gasteiger partial charge is 0.272 e. The molecule has 6 heteroatoms. The lowest BCUT2D eigenvalue weighted by atomic mass is 10.1. The number of amides is 2. The van der Waals surface area contributed by atoms with Crippen molar-refractivity contribution in [1.29, 1.82) is 0 Å². The standard InChI is InChI=1S/C21H21NO4S/c1-3-26-16-10-8-15(9-11-16)18-19(27-13-12-23)21(25)22(20(18)24)17-7-5-4-6-14(17)2/h4-11,23H,3,12-13H2,1-2H3. The number of imide groups is 1. The molecule has 140 valence electrons. The zero-order valence-electron chi connectivity index (χ0n) is 15.3. The summed E-state index contributed by atoms with van der Waals surface area (Å²) in [5.74, 6) is 0.353. The summed E-state index contributed by atoms with van der Waals surface area (Å²) in [4.78, 5) is 27.8. The highest BCUT2D eigenvalue weighted by atomic mass is 32.2. The first kappa shape index (κ1) is 19.2. The van der Waals surface area contributed by atoms with Crippen molar-refractivity contribution >= 4 is 34.8 Å². The summed E-state index contributed by atoms with van der Waals surface area (Å²) in [7, 11) is 0. The zero-order chi connectivity index (χ0) is 19.4. The Hall–Kier alpha value is -2.57. The maximum absolute atomic E-state index is 13.2.